The molecule has 2 aromatic carbocycles. The minimum Gasteiger partial charge on any atom is -0.364 e. The van der Waals surface area contributed by atoms with Crippen LogP contribution in [0.5, 0.6) is 0 Å². The molecule has 6 aliphatic heterocycles. The summed E-state index contributed by atoms with van der Waals surface area (Å²) in [7, 11) is 0. The van der Waals surface area contributed by atoms with E-state index in [0.717, 1.165) is 22.5 Å². The Labute approximate surface area is 244 Å². The van der Waals surface area contributed by atoms with E-state index in [1.807, 2.05) is 64.1 Å². The Hall–Kier alpha value is -4.08. The second-order valence-corrected chi connectivity index (χ2v) is 13.5. The van der Waals surface area contributed by atoms with Crippen LogP contribution in [0.3, 0.4) is 0 Å². The molecule has 0 saturated carbocycles. The number of benzene rings is 2. The van der Waals surface area contributed by atoms with Gasteiger partial charge in [0.2, 0.25) is 23.6 Å². The maximum Gasteiger partial charge on any atom is 0.247 e. The molecule has 8 atom stereocenters. The molecule has 0 bridgehead atoms. The SMILES string of the molecule is CC(C)[C@@H]1NC(=O)[C@@H]2CC3(C45C[C@H]6C(=O)N[C@@H](C(C)C)C(=O)N6[C@H]4Nc4ccccc45)c4ccccc4N[C@@H]3N2C1=O. The topological polar surface area (TPSA) is 123 Å². The van der Waals surface area contributed by atoms with Crippen LogP contribution in [0, 0.1) is 11.8 Å². The van der Waals surface area contributed by atoms with Crippen LogP contribution in [-0.2, 0) is 30.0 Å². The highest BCUT2D eigenvalue weighted by Gasteiger charge is 2.78. The van der Waals surface area contributed by atoms with Gasteiger partial charge in [-0.15, -0.1) is 0 Å². The number of hydrogen-bond acceptors (Lipinski definition) is 6. The van der Waals surface area contributed by atoms with Crippen molar-refractivity contribution in [2.75, 3.05) is 10.6 Å². The number of anilines is 2. The first kappa shape index (κ1) is 25.6. The van der Waals surface area contributed by atoms with E-state index in [-0.39, 0.29) is 35.5 Å². The van der Waals surface area contributed by atoms with Crippen molar-refractivity contribution in [2.24, 2.45) is 11.8 Å². The first-order valence-electron chi connectivity index (χ1n) is 15.1. The molecule has 2 unspecified atom stereocenters. The number of nitrogens with one attached hydrogen (secondary N) is 4. The van der Waals surface area contributed by atoms with Gasteiger partial charge in [0.15, 0.2) is 0 Å². The van der Waals surface area contributed by atoms with Gasteiger partial charge >= 0.3 is 0 Å². The highest BCUT2D eigenvalue weighted by Crippen LogP contribution is 2.68. The Morgan fingerprint density at radius 2 is 1.00 bits per heavy atom. The lowest BCUT2D eigenvalue weighted by Gasteiger charge is -2.48. The third-order valence-corrected chi connectivity index (χ3v) is 11.0. The first-order valence-corrected chi connectivity index (χ1v) is 15.1. The molecule has 42 heavy (non-hydrogen) atoms. The molecular formula is C32H36N6O4. The van der Waals surface area contributed by atoms with Crippen LogP contribution < -0.4 is 21.3 Å². The highest BCUT2D eigenvalue weighted by molar-refractivity contribution is 6.01. The van der Waals surface area contributed by atoms with Crippen molar-refractivity contribution in [1.82, 2.24) is 20.4 Å². The smallest absolute Gasteiger partial charge is 0.247 e. The summed E-state index contributed by atoms with van der Waals surface area (Å²) >= 11 is 0. The number of piperazine rings is 2. The van der Waals surface area contributed by atoms with Crippen LogP contribution >= 0.6 is 0 Å². The quantitative estimate of drug-likeness (QED) is 0.449. The van der Waals surface area contributed by atoms with E-state index in [2.05, 4.69) is 33.4 Å². The second kappa shape index (κ2) is 8.26. The third kappa shape index (κ3) is 2.81. The maximum atomic E-state index is 14.2. The number of nitrogens with zero attached hydrogens (tertiary/aromatic N) is 2. The van der Waals surface area contributed by atoms with Gasteiger partial charge < -0.3 is 31.1 Å². The molecular weight excluding hydrogens is 532 g/mol. The van der Waals surface area contributed by atoms with Crippen molar-refractivity contribution in [3.8, 4) is 0 Å². The van der Waals surface area contributed by atoms with E-state index in [4.69, 9.17) is 0 Å². The maximum absolute atomic E-state index is 14.2. The number of amides is 4. The molecule has 6 aliphatic rings. The van der Waals surface area contributed by atoms with Crippen molar-refractivity contribution in [3.63, 3.8) is 0 Å². The molecule has 8 rings (SSSR count). The molecule has 10 heteroatoms. The zero-order chi connectivity index (χ0) is 29.3. The average molecular weight is 569 g/mol. The highest BCUT2D eigenvalue weighted by atomic mass is 16.2. The van der Waals surface area contributed by atoms with Gasteiger partial charge in [-0.05, 0) is 47.9 Å². The van der Waals surface area contributed by atoms with Gasteiger partial charge in [0.05, 0.1) is 10.8 Å². The van der Waals surface area contributed by atoms with Gasteiger partial charge in [-0.25, -0.2) is 0 Å². The Morgan fingerprint density at radius 1 is 0.619 bits per heavy atom. The zero-order valence-electron chi connectivity index (χ0n) is 24.2. The second-order valence-electron chi connectivity index (χ2n) is 13.5. The molecule has 0 radical (unpaired) electrons. The van der Waals surface area contributed by atoms with Crippen molar-refractivity contribution in [2.45, 2.75) is 87.9 Å². The predicted molar refractivity (Wildman–Crippen MR) is 155 cm³/mol. The summed E-state index contributed by atoms with van der Waals surface area (Å²) in [6.07, 6.45) is -0.313. The van der Waals surface area contributed by atoms with Gasteiger partial charge in [0.1, 0.15) is 36.5 Å². The summed E-state index contributed by atoms with van der Waals surface area (Å²) in [5.41, 5.74) is 2.26. The summed E-state index contributed by atoms with van der Waals surface area (Å²) < 4.78 is 0. The third-order valence-electron chi connectivity index (χ3n) is 11.0. The number of para-hydroxylation sites is 2. The van der Waals surface area contributed by atoms with E-state index < -0.39 is 47.3 Å². The van der Waals surface area contributed by atoms with Crippen LogP contribution in [-0.4, -0.2) is 69.9 Å². The van der Waals surface area contributed by atoms with E-state index in [9.17, 15) is 19.2 Å². The molecule has 10 nitrogen and oxygen atoms in total. The monoisotopic (exact) mass is 568 g/mol. The van der Waals surface area contributed by atoms with Crippen LogP contribution in [0.15, 0.2) is 48.5 Å². The Kier molecular flexibility index (Phi) is 5.04. The average Bonchev–Trinajstić information content (AvgIpc) is 3.66. The number of rotatable bonds is 3. The molecule has 4 fully saturated rings. The van der Waals surface area contributed by atoms with Crippen LogP contribution in [0.1, 0.15) is 51.7 Å². The van der Waals surface area contributed by atoms with E-state index >= 15 is 0 Å². The van der Waals surface area contributed by atoms with Crippen LogP contribution in [0.2, 0.25) is 0 Å². The van der Waals surface area contributed by atoms with Crippen molar-refractivity contribution in [3.05, 3.63) is 59.7 Å². The molecule has 0 spiro atoms. The summed E-state index contributed by atoms with van der Waals surface area (Å²) in [5, 5.41) is 13.4. The first-order chi connectivity index (χ1) is 20.1. The summed E-state index contributed by atoms with van der Waals surface area (Å²) in [6.45, 7) is 7.78. The molecule has 218 valence electrons. The predicted octanol–water partition coefficient (Wildman–Crippen LogP) is 1.88. The molecule has 0 aromatic heterocycles. The Bertz CT molecular complexity index is 1460. The summed E-state index contributed by atoms with van der Waals surface area (Å²) in [6, 6.07) is 13.6. The fraction of sp³-hybridized carbons (Fsp3) is 0.500. The summed E-state index contributed by atoms with van der Waals surface area (Å²) in [4.78, 5) is 59.5. The van der Waals surface area contributed by atoms with Crippen molar-refractivity contribution >= 4 is 35.0 Å². The number of fused-ring (bicyclic) bond motifs is 11. The van der Waals surface area contributed by atoms with Crippen LogP contribution in [0.25, 0.3) is 0 Å². The van der Waals surface area contributed by atoms with E-state index in [1.54, 1.807) is 9.80 Å². The number of carbonyl (C=O) groups excluding carboxylic acids is 4. The molecule has 6 heterocycles. The lowest BCUT2D eigenvalue weighted by molar-refractivity contribution is -0.150. The molecule has 4 amide bonds. The van der Waals surface area contributed by atoms with Crippen molar-refractivity contribution in [1.29, 1.82) is 0 Å². The van der Waals surface area contributed by atoms with Gasteiger partial charge in [-0.1, -0.05) is 64.1 Å². The molecule has 4 N–H and O–H groups in total. The van der Waals surface area contributed by atoms with E-state index in [1.165, 1.54) is 0 Å². The zero-order valence-corrected chi connectivity index (χ0v) is 24.2. The summed E-state index contributed by atoms with van der Waals surface area (Å²) in [5.74, 6) is -0.654. The normalized spacial score (nSPS) is 37.4. The standard InChI is InChI=1S/C32H36N6O4/c1-15(2)23-27(41)37-21(25(39)35-23)13-31(17-9-5-7-11-19(17)33-29(31)37)32-14-22-26(40)36-24(16(3)4)28(42)38(22)30(32)34-20-12-8-6-10-18(20)32/h5-12,15-16,21-24,29-30,33-34H,13-14H2,1-4H3,(H,35,39)(H,36,40)/t21-,22-,23-,24-,29+,30+,31?,32?/m0/s1. The Morgan fingerprint density at radius 3 is 1.38 bits per heavy atom. The minimum absolute atomic E-state index is 0.0734. The number of hydrogen-bond donors (Lipinski definition) is 4. The van der Waals surface area contributed by atoms with E-state index in [0.29, 0.717) is 12.8 Å². The largest absolute Gasteiger partial charge is 0.364 e. The van der Waals surface area contributed by atoms with Gasteiger partial charge in [-0.3, -0.25) is 19.2 Å². The molecule has 0 aliphatic carbocycles. The lowest BCUT2D eigenvalue weighted by Crippen LogP contribution is -2.67. The van der Waals surface area contributed by atoms with Crippen molar-refractivity contribution < 1.29 is 19.2 Å². The van der Waals surface area contributed by atoms with Gasteiger partial charge in [0.25, 0.3) is 0 Å². The van der Waals surface area contributed by atoms with Gasteiger partial charge in [-0.2, -0.15) is 0 Å². The minimum atomic E-state index is -0.803. The molecule has 4 saturated heterocycles. The number of carbonyl (C=O) groups is 4. The fourth-order valence-electron chi connectivity index (χ4n) is 9.23. The molecule has 2 aromatic rings. The fourth-order valence-corrected chi connectivity index (χ4v) is 9.23. The van der Waals surface area contributed by atoms with Gasteiger partial charge in [0, 0.05) is 11.4 Å². The Balaban J connectivity index is 1.39. The van der Waals surface area contributed by atoms with Crippen LogP contribution in [0.4, 0.5) is 11.4 Å². The lowest BCUT2D eigenvalue weighted by atomic mass is 9.54.